The highest BCUT2D eigenvalue weighted by molar-refractivity contribution is 5.90. The summed E-state index contributed by atoms with van der Waals surface area (Å²) >= 11 is 0. The van der Waals surface area contributed by atoms with Gasteiger partial charge in [-0.05, 0) is 60.4 Å². The number of phenols is 1. The molecule has 2 N–H and O–H groups in total. The van der Waals surface area contributed by atoms with Crippen LogP contribution >= 0.6 is 0 Å². The van der Waals surface area contributed by atoms with Gasteiger partial charge in [-0.15, -0.1) is 0 Å². The Morgan fingerprint density at radius 1 is 1.19 bits per heavy atom. The highest BCUT2D eigenvalue weighted by atomic mass is 16.6. The Morgan fingerprint density at radius 2 is 1.91 bits per heavy atom. The molecule has 2 aromatic rings. The Morgan fingerprint density at radius 3 is 2.62 bits per heavy atom. The van der Waals surface area contributed by atoms with Crippen molar-refractivity contribution in [1.82, 2.24) is 0 Å². The Kier molecular flexibility index (Phi) is 4.88. The molecule has 3 saturated carbocycles. The van der Waals surface area contributed by atoms with Crippen molar-refractivity contribution in [1.29, 1.82) is 0 Å². The maximum atomic E-state index is 14.0. The molecule has 0 aromatic heterocycles. The minimum Gasteiger partial charge on any atom is -0.508 e. The van der Waals surface area contributed by atoms with Gasteiger partial charge in [0.1, 0.15) is 11.5 Å². The van der Waals surface area contributed by atoms with Crippen molar-refractivity contribution in [3.8, 4) is 16.9 Å². The number of hydrogen-bond donors (Lipinski definition) is 2. The lowest BCUT2D eigenvalue weighted by atomic mass is 9.49. The average Bonchev–Trinajstić information content (AvgIpc) is 3.15. The molecule has 0 aliphatic heterocycles. The van der Waals surface area contributed by atoms with E-state index in [2.05, 4.69) is 19.6 Å². The van der Waals surface area contributed by atoms with Crippen molar-refractivity contribution >= 4 is 5.78 Å². The molecule has 0 amide bonds. The Labute approximate surface area is 189 Å². The lowest BCUT2D eigenvalue weighted by molar-refractivity contribution is -0.265. The monoisotopic (exact) mass is 432 g/mol. The third-order valence-electron chi connectivity index (χ3n) is 8.90. The number of phenolic OH excluding ortho intramolecular Hbond substituents is 1. The fourth-order valence-electron chi connectivity index (χ4n) is 7.53. The van der Waals surface area contributed by atoms with Gasteiger partial charge in [0.2, 0.25) is 0 Å². The standard InChI is InChI=1S/C28H32O4/c1-18-24-17-22-10-6-14-26(18,2)27(22,28(24,31)32-3)25(30)13-12-19-7-4-8-20(15-19)21-9-5-11-23(29)16-21/h4-5,7-9,11,15-16,22,24,29,31H,1,6,10,12-14,17H2,2-3H3/t22-,24+,26-,27+,28-/m0/s1. The number of fused-ring (bicyclic) bond motifs is 1. The number of aliphatic hydroxyl groups is 1. The molecule has 3 fully saturated rings. The number of aromatic hydroxyl groups is 1. The van der Waals surface area contributed by atoms with Gasteiger partial charge in [0, 0.05) is 24.9 Å². The third kappa shape index (κ3) is 2.60. The van der Waals surface area contributed by atoms with Crippen molar-refractivity contribution in [2.75, 3.05) is 7.11 Å². The van der Waals surface area contributed by atoms with Crippen LogP contribution in [0.25, 0.3) is 11.1 Å². The van der Waals surface area contributed by atoms with Crippen LogP contribution in [0.1, 0.15) is 44.6 Å². The molecule has 5 rings (SSSR count). The minimum atomic E-state index is -1.45. The summed E-state index contributed by atoms with van der Waals surface area (Å²) in [6.07, 6.45) is 4.66. The van der Waals surface area contributed by atoms with E-state index in [-0.39, 0.29) is 23.4 Å². The summed E-state index contributed by atoms with van der Waals surface area (Å²) < 4.78 is 5.77. The van der Waals surface area contributed by atoms with Gasteiger partial charge in [0.25, 0.3) is 0 Å². The summed E-state index contributed by atoms with van der Waals surface area (Å²) in [4.78, 5) is 14.0. The molecule has 4 nitrogen and oxygen atoms in total. The maximum Gasteiger partial charge on any atom is 0.185 e. The van der Waals surface area contributed by atoms with Crippen LogP contribution in [0.2, 0.25) is 0 Å². The second kappa shape index (κ2) is 7.29. The molecule has 0 radical (unpaired) electrons. The van der Waals surface area contributed by atoms with Crippen LogP contribution in [0.5, 0.6) is 5.75 Å². The van der Waals surface area contributed by atoms with Crippen LogP contribution in [0, 0.1) is 22.7 Å². The molecule has 2 bridgehead atoms. The SMILES string of the molecule is C=C1[C@H]2C[C@@H]3CCC[C@]1(C)[C@@]3(C(=O)CCc1cccc(-c3cccc(O)c3)c1)[C@@]2(O)OC. The second-order valence-corrected chi connectivity index (χ2v) is 10.1. The van der Waals surface area contributed by atoms with E-state index in [1.165, 1.54) is 7.11 Å². The fourth-order valence-corrected chi connectivity index (χ4v) is 7.53. The predicted octanol–water partition coefficient (Wildman–Crippen LogP) is 5.28. The zero-order valence-corrected chi connectivity index (χ0v) is 18.9. The van der Waals surface area contributed by atoms with Gasteiger partial charge in [-0.2, -0.15) is 0 Å². The van der Waals surface area contributed by atoms with Crippen molar-refractivity contribution in [2.24, 2.45) is 22.7 Å². The predicted molar refractivity (Wildman–Crippen MR) is 124 cm³/mol. The first-order valence-corrected chi connectivity index (χ1v) is 11.7. The summed E-state index contributed by atoms with van der Waals surface area (Å²) in [5.41, 5.74) is 2.70. The molecule has 4 heteroatoms. The van der Waals surface area contributed by atoms with Gasteiger partial charge < -0.3 is 14.9 Å². The minimum absolute atomic E-state index is 0.109. The topological polar surface area (TPSA) is 66.8 Å². The van der Waals surface area contributed by atoms with Crippen LogP contribution in [0.3, 0.4) is 0 Å². The van der Waals surface area contributed by atoms with E-state index in [1.807, 2.05) is 30.3 Å². The fraction of sp³-hybridized carbons (Fsp3) is 0.464. The number of methoxy groups -OCH3 is 1. The molecule has 0 spiro atoms. The summed E-state index contributed by atoms with van der Waals surface area (Å²) in [6.45, 7) is 6.49. The van der Waals surface area contributed by atoms with Crippen molar-refractivity contribution < 1.29 is 19.7 Å². The summed E-state index contributed by atoms with van der Waals surface area (Å²) in [5, 5.41) is 21.6. The number of benzene rings is 2. The molecule has 3 aliphatic rings. The second-order valence-electron chi connectivity index (χ2n) is 10.1. The van der Waals surface area contributed by atoms with Gasteiger partial charge in [-0.1, -0.05) is 61.9 Å². The van der Waals surface area contributed by atoms with Crippen LogP contribution in [0.15, 0.2) is 60.7 Å². The largest absolute Gasteiger partial charge is 0.508 e. The van der Waals surface area contributed by atoms with Gasteiger partial charge in [0.05, 0.1) is 5.41 Å². The van der Waals surface area contributed by atoms with E-state index in [4.69, 9.17) is 4.74 Å². The summed E-state index contributed by atoms with van der Waals surface area (Å²) in [6, 6.07) is 15.3. The van der Waals surface area contributed by atoms with E-state index in [0.29, 0.717) is 12.8 Å². The molecule has 0 unspecified atom stereocenters. The van der Waals surface area contributed by atoms with E-state index < -0.39 is 16.6 Å². The van der Waals surface area contributed by atoms with Gasteiger partial charge in [0.15, 0.2) is 5.79 Å². The first-order valence-electron chi connectivity index (χ1n) is 11.7. The van der Waals surface area contributed by atoms with E-state index in [0.717, 1.165) is 47.9 Å². The van der Waals surface area contributed by atoms with Crippen molar-refractivity contribution in [2.45, 2.75) is 51.2 Å². The zero-order chi connectivity index (χ0) is 22.7. The quantitative estimate of drug-likeness (QED) is 0.482. The van der Waals surface area contributed by atoms with Gasteiger partial charge in [-0.3, -0.25) is 4.79 Å². The number of ether oxygens (including phenoxy) is 1. The molecule has 3 aliphatic carbocycles. The summed E-state index contributed by atoms with van der Waals surface area (Å²) in [5.74, 6) is -1.13. The Hall–Kier alpha value is -2.43. The van der Waals surface area contributed by atoms with Crippen LogP contribution in [-0.4, -0.2) is 28.9 Å². The Balaban J connectivity index is 1.44. The lowest BCUT2D eigenvalue weighted by Gasteiger charge is -2.54. The number of Topliss-reactive ketones (excluding diaryl/α,β-unsaturated/α-hetero) is 1. The maximum absolute atomic E-state index is 14.0. The van der Waals surface area contributed by atoms with Gasteiger partial charge >= 0.3 is 0 Å². The molecule has 168 valence electrons. The van der Waals surface area contributed by atoms with E-state index in [1.54, 1.807) is 12.1 Å². The molecule has 32 heavy (non-hydrogen) atoms. The van der Waals surface area contributed by atoms with Crippen LogP contribution in [0.4, 0.5) is 0 Å². The number of carbonyl (C=O) groups excluding carboxylic acids is 1. The molecule has 2 aromatic carbocycles. The normalized spacial score (nSPS) is 35.3. The molecule has 0 heterocycles. The highest BCUT2D eigenvalue weighted by Gasteiger charge is 2.82. The van der Waals surface area contributed by atoms with Crippen LogP contribution < -0.4 is 0 Å². The summed E-state index contributed by atoms with van der Waals surface area (Å²) in [7, 11) is 1.54. The van der Waals surface area contributed by atoms with Crippen LogP contribution in [-0.2, 0) is 16.0 Å². The third-order valence-corrected chi connectivity index (χ3v) is 8.90. The number of aryl methyl sites for hydroxylation is 1. The van der Waals surface area contributed by atoms with E-state index >= 15 is 0 Å². The molecular formula is C28H32O4. The number of rotatable bonds is 6. The van der Waals surface area contributed by atoms with Crippen molar-refractivity contribution in [3.05, 3.63) is 66.2 Å². The number of ketones is 1. The first-order chi connectivity index (χ1) is 15.3. The highest BCUT2D eigenvalue weighted by Crippen LogP contribution is 2.78. The smallest absolute Gasteiger partial charge is 0.185 e. The number of hydrogen-bond acceptors (Lipinski definition) is 4. The lowest BCUT2D eigenvalue weighted by Crippen LogP contribution is -2.60. The first kappa shape index (κ1) is 21.4. The Bertz CT molecular complexity index is 1090. The average molecular weight is 433 g/mol. The number of carbonyl (C=O) groups is 1. The van der Waals surface area contributed by atoms with Crippen molar-refractivity contribution in [3.63, 3.8) is 0 Å². The molecule has 5 atom stereocenters. The van der Waals surface area contributed by atoms with Gasteiger partial charge in [-0.25, -0.2) is 0 Å². The molecule has 0 saturated heterocycles. The molecular weight excluding hydrogens is 400 g/mol. The zero-order valence-electron chi connectivity index (χ0n) is 18.9. The van der Waals surface area contributed by atoms with E-state index in [9.17, 15) is 15.0 Å².